The number of benzene rings is 1. The lowest BCUT2D eigenvalue weighted by atomic mass is 10.0. The molecule has 0 bridgehead atoms. The van der Waals surface area contributed by atoms with E-state index in [1.807, 2.05) is 6.07 Å². The molecule has 2 N–H and O–H groups in total. The molecule has 0 aliphatic rings. The predicted octanol–water partition coefficient (Wildman–Crippen LogP) is 3.67. The van der Waals surface area contributed by atoms with Gasteiger partial charge in [-0.2, -0.15) is 18.4 Å². The van der Waals surface area contributed by atoms with Gasteiger partial charge in [-0.25, -0.2) is 0 Å². The zero-order chi connectivity index (χ0) is 15.9. The predicted molar refractivity (Wildman–Crippen MR) is 73.8 cm³/mol. The highest BCUT2D eigenvalue weighted by Gasteiger charge is 2.34. The highest BCUT2D eigenvalue weighted by molar-refractivity contribution is 5.39. The maximum absolute atomic E-state index is 13.0. The van der Waals surface area contributed by atoms with E-state index in [4.69, 9.17) is 15.7 Å². The first-order chi connectivity index (χ1) is 9.84. The molecular weight excluding hydrogens is 281 g/mol. The molecule has 1 atom stereocenters. The van der Waals surface area contributed by atoms with Crippen molar-refractivity contribution in [2.45, 2.75) is 44.8 Å². The normalized spacial score (nSPS) is 12.8. The van der Waals surface area contributed by atoms with Crippen LogP contribution in [0.25, 0.3) is 0 Å². The van der Waals surface area contributed by atoms with Crippen molar-refractivity contribution in [1.29, 1.82) is 5.26 Å². The molecule has 0 saturated carbocycles. The molecule has 0 aliphatic carbocycles. The van der Waals surface area contributed by atoms with Crippen molar-refractivity contribution in [3.8, 4) is 11.8 Å². The molecule has 0 aliphatic heterocycles. The van der Waals surface area contributed by atoms with Gasteiger partial charge in [0.25, 0.3) is 0 Å². The van der Waals surface area contributed by atoms with Crippen molar-refractivity contribution >= 4 is 0 Å². The van der Waals surface area contributed by atoms with Gasteiger partial charge in [-0.15, -0.1) is 0 Å². The second-order valence-electron chi connectivity index (χ2n) is 4.97. The van der Waals surface area contributed by atoms with Gasteiger partial charge in [0.05, 0.1) is 18.2 Å². The summed E-state index contributed by atoms with van der Waals surface area (Å²) in [5, 5.41) is 8.39. The molecule has 1 rings (SSSR count). The Morgan fingerprint density at radius 2 is 2.05 bits per heavy atom. The fourth-order valence-corrected chi connectivity index (χ4v) is 1.91. The first-order valence-electron chi connectivity index (χ1n) is 6.80. The quantitative estimate of drug-likeness (QED) is 0.782. The molecule has 21 heavy (non-hydrogen) atoms. The van der Waals surface area contributed by atoms with Crippen LogP contribution in [0.2, 0.25) is 0 Å². The smallest absolute Gasteiger partial charge is 0.419 e. The van der Waals surface area contributed by atoms with Crippen LogP contribution in [-0.2, 0) is 12.6 Å². The molecule has 1 aromatic carbocycles. The monoisotopic (exact) mass is 300 g/mol. The van der Waals surface area contributed by atoms with Gasteiger partial charge in [0, 0.05) is 12.5 Å². The zero-order valence-electron chi connectivity index (χ0n) is 11.9. The van der Waals surface area contributed by atoms with Gasteiger partial charge < -0.3 is 10.5 Å². The minimum Gasteiger partial charge on any atom is -0.493 e. The van der Waals surface area contributed by atoms with Crippen LogP contribution in [0.3, 0.4) is 0 Å². The Kier molecular flexibility index (Phi) is 6.50. The SMILES string of the molecule is CC(N)Cc1ccc(OCCCCC#N)c(C(F)(F)F)c1. The van der Waals surface area contributed by atoms with Crippen LogP contribution in [0.15, 0.2) is 18.2 Å². The second-order valence-corrected chi connectivity index (χ2v) is 4.97. The van der Waals surface area contributed by atoms with E-state index in [-0.39, 0.29) is 18.4 Å². The maximum atomic E-state index is 13.0. The third-order valence-corrected chi connectivity index (χ3v) is 2.85. The number of unbranched alkanes of at least 4 members (excludes halogenated alkanes) is 2. The Morgan fingerprint density at radius 3 is 2.62 bits per heavy atom. The van der Waals surface area contributed by atoms with Crippen LogP contribution in [-0.4, -0.2) is 12.6 Å². The van der Waals surface area contributed by atoms with Gasteiger partial charge in [0.15, 0.2) is 0 Å². The first-order valence-corrected chi connectivity index (χ1v) is 6.80. The Morgan fingerprint density at radius 1 is 1.33 bits per heavy atom. The molecule has 0 amide bonds. The van der Waals surface area contributed by atoms with E-state index in [2.05, 4.69) is 0 Å². The number of alkyl halides is 3. The number of nitriles is 1. The summed E-state index contributed by atoms with van der Waals surface area (Å²) in [7, 11) is 0. The largest absolute Gasteiger partial charge is 0.493 e. The average Bonchev–Trinajstić information content (AvgIpc) is 2.38. The van der Waals surface area contributed by atoms with Gasteiger partial charge in [-0.3, -0.25) is 0 Å². The standard InChI is InChI=1S/C15H19F3N2O/c1-11(20)9-12-5-6-14(13(10-12)15(16,17)18)21-8-4-2-3-7-19/h5-6,10-11H,2-4,8-9,20H2,1H3. The molecule has 1 unspecified atom stereocenters. The van der Waals surface area contributed by atoms with E-state index in [0.29, 0.717) is 31.2 Å². The van der Waals surface area contributed by atoms with Crippen LogP contribution in [0, 0.1) is 11.3 Å². The fourth-order valence-electron chi connectivity index (χ4n) is 1.91. The summed E-state index contributed by atoms with van der Waals surface area (Å²) in [6, 6.07) is 5.81. The summed E-state index contributed by atoms with van der Waals surface area (Å²) in [4.78, 5) is 0. The number of nitrogens with two attached hydrogens (primary N) is 1. The highest BCUT2D eigenvalue weighted by atomic mass is 19.4. The van der Waals surface area contributed by atoms with E-state index in [9.17, 15) is 13.2 Å². The van der Waals surface area contributed by atoms with Crippen molar-refractivity contribution < 1.29 is 17.9 Å². The maximum Gasteiger partial charge on any atom is 0.419 e. The molecule has 0 spiro atoms. The van der Waals surface area contributed by atoms with Crippen molar-refractivity contribution in [2.24, 2.45) is 5.73 Å². The summed E-state index contributed by atoms with van der Waals surface area (Å²) in [5.41, 5.74) is 5.37. The van der Waals surface area contributed by atoms with Crippen LogP contribution >= 0.6 is 0 Å². The number of halogens is 3. The topological polar surface area (TPSA) is 59.0 Å². The average molecular weight is 300 g/mol. The Balaban J connectivity index is 2.80. The molecule has 1 aromatic rings. The minimum atomic E-state index is -4.46. The zero-order valence-corrected chi connectivity index (χ0v) is 11.9. The molecule has 0 aromatic heterocycles. The summed E-state index contributed by atoms with van der Waals surface area (Å²) in [6.45, 7) is 1.91. The van der Waals surface area contributed by atoms with Crippen LogP contribution in [0.5, 0.6) is 5.75 Å². The lowest BCUT2D eigenvalue weighted by Crippen LogP contribution is -2.18. The summed E-state index contributed by atoms with van der Waals surface area (Å²) in [5.74, 6) is -0.173. The third-order valence-electron chi connectivity index (χ3n) is 2.85. The first kappa shape index (κ1) is 17.3. The van der Waals surface area contributed by atoms with Crippen molar-refractivity contribution in [2.75, 3.05) is 6.61 Å². The van der Waals surface area contributed by atoms with E-state index in [0.717, 1.165) is 6.07 Å². The Labute approximate surface area is 122 Å². The van der Waals surface area contributed by atoms with Crippen LogP contribution in [0.1, 0.15) is 37.3 Å². The number of nitrogens with zero attached hydrogens (tertiary/aromatic N) is 1. The summed E-state index contributed by atoms with van der Waals surface area (Å²) < 4.78 is 44.3. The highest BCUT2D eigenvalue weighted by Crippen LogP contribution is 2.37. The van der Waals surface area contributed by atoms with Crippen molar-refractivity contribution in [3.05, 3.63) is 29.3 Å². The molecule has 116 valence electrons. The molecule has 0 saturated heterocycles. The summed E-state index contributed by atoms with van der Waals surface area (Å²) >= 11 is 0. The second kappa shape index (κ2) is 7.89. The van der Waals surface area contributed by atoms with Crippen LogP contribution in [0.4, 0.5) is 13.2 Å². The number of ether oxygens (including phenoxy) is 1. The van der Waals surface area contributed by atoms with Gasteiger partial charge >= 0.3 is 6.18 Å². The number of rotatable bonds is 7. The fraction of sp³-hybridized carbons (Fsp3) is 0.533. The molecule has 3 nitrogen and oxygen atoms in total. The third kappa shape index (κ3) is 6.05. The number of hydrogen-bond acceptors (Lipinski definition) is 3. The van der Waals surface area contributed by atoms with Gasteiger partial charge in [-0.1, -0.05) is 6.07 Å². The lowest BCUT2D eigenvalue weighted by Gasteiger charge is -2.16. The molecule has 0 fully saturated rings. The molecule has 0 heterocycles. The summed E-state index contributed by atoms with van der Waals surface area (Å²) in [6.07, 6.45) is -2.54. The minimum absolute atomic E-state index is 0.164. The number of hydrogen-bond donors (Lipinski definition) is 1. The Bertz CT molecular complexity index is 493. The van der Waals surface area contributed by atoms with E-state index < -0.39 is 11.7 Å². The molecular formula is C15H19F3N2O. The van der Waals surface area contributed by atoms with Crippen molar-refractivity contribution in [1.82, 2.24) is 0 Å². The molecule has 6 heteroatoms. The van der Waals surface area contributed by atoms with E-state index >= 15 is 0 Å². The lowest BCUT2D eigenvalue weighted by molar-refractivity contribution is -0.139. The van der Waals surface area contributed by atoms with E-state index in [1.54, 1.807) is 13.0 Å². The van der Waals surface area contributed by atoms with Gasteiger partial charge in [-0.05, 0) is 43.9 Å². The Hall–Kier alpha value is -1.74. The van der Waals surface area contributed by atoms with Crippen LogP contribution < -0.4 is 10.5 Å². The molecule has 0 radical (unpaired) electrons. The van der Waals surface area contributed by atoms with E-state index in [1.165, 1.54) is 6.07 Å². The van der Waals surface area contributed by atoms with Crippen molar-refractivity contribution in [3.63, 3.8) is 0 Å². The van der Waals surface area contributed by atoms with Gasteiger partial charge in [0.1, 0.15) is 5.75 Å². The van der Waals surface area contributed by atoms with Gasteiger partial charge in [0.2, 0.25) is 0 Å².